The molecule has 72 valence electrons. The molecule has 13 heavy (non-hydrogen) atoms. The topological polar surface area (TPSA) is 40.7 Å². The highest BCUT2D eigenvalue weighted by Crippen LogP contribution is 2.36. The van der Waals surface area contributed by atoms with E-state index in [1.807, 2.05) is 7.05 Å². The number of hydrogen-bond donors (Lipinski definition) is 2. The van der Waals surface area contributed by atoms with Crippen molar-refractivity contribution in [2.75, 3.05) is 12.4 Å². The number of nitrogens with one attached hydrogen (secondary N) is 2. The quantitative estimate of drug-likeness (QED) is 0.692. The molecule has 0 fully saturated rings. The molecule has 2 rings (SSSR count). The van der Waals surface area contributed by atoms with Crippen LogP contribution in [0.5, 0.6) is 0 Å². The van der Waals surface area contributed by atoms with E-state index in [2.05, 4.69) is 29.4 Å². The molecule has 1 heterocycles. The first-order chi connectivity index (χ1) is 6.12. The van der Waals surface area contributed by atoms with Crippen molar-refractivity contribution in [3.05, 3.63) is 11.3 Å². The Morgan fingerprint density at radius 3 is 2.92 bits per heavy atom. The Kier molecular flexibility index (Phi) is 1.82. The number of rotatable bonds is 1. The molecular weight excluding hydrogens is 162 g/mol. The molecule has 0 amide bonds. The molecule has 0 bridgehead atoms. The summed E-state index contributed by atoms with van der Waals surface area (Å²) in [7, 11) is 1.93. The number of aromatic amines is 1. The first kappa shape index (κ1) is 8.60. The van der Waals surface area contributed by atoms with Crippen LogP contribution < -0.4 is 5.32 Å². The second-order valence-corrected chi connectivity index (χ2v) is 4.62. The van der Waals surface area contributed by atoms with Gasteiger partial charge in [-0.15, -0.1) is 0 Å². The molecule has 1 aliphatic rings. The molecule has 0 saturated heterocycles. The zero-order chi connectivity index (χ0) is 9.47. The van der Waals surface area contributed by atoms with Crippen molar-refractivity contribution in [1.29, 1.82) is 0 Å². The Labute approximate surface area is 78.9 Å². The van der Waals surface area contributed by atoms with Crippen molar-refractivity contribution in [2.24, 2.45) is 5.41 Å². The van der Waals surface area contributed by atoms with Crippen LogP contribution in [0.25, 0.3) is 0 Å². The van der Waals surface area contributed by atoms with Crippen molar-refractivity contribution in [3.63, 3.8) is 0 Å². The zero-order valence-electron chi connectivity index (χ0n) is 8.57. The van der Waals surface area contributed by atoms with Crippen molar-refractivity contribution >= 4 is 5.82 Å². The summed E-state index contributed by atoms with van der Waals surface area (Å²) < 4.78 is 0. The summed E-state index contributed by atoms with van der Waals surface area (Å²) in [5, 5.41) is 10.5. The number of aryl methyl sites for hydroxylation is 1. The summed E-state index contributed by atoms with van der Waals surface area (Å²) in [5.41, 5.74) is 3.14. The number of anilines is 1. The van der Waals surface area contributed by atoms with Gasteiger partial charge < -0.3 is 5.32 Å². The van der Waals surface area contributed by atoms with Crippen LogP contribution in [0.2, 0.25) is 0 Å². The highest BCUT2D eigenvalue weighted by Gasteiger charge is 2.28. The van der Waals surface area contributed by atoms with E-state index < -0.39 is 0 Å². The third kappa shape index (κ3) is 1.43. The lowest BCUT2D eigenvalue weighted by Crippen LogP contribution is -2.22. The van der Waals surface area contributed by atoms with E-state index in [-0.39, 0.29) is 0 Å². The number of aromatic nitrogens is 2. The molecule has 1 aromatic heterocycles. The van der Waals surface area contributed by atoms with Crippen LogP contribution in [0.1, 0.15) is 31.5 Å². The fraction of sp³-hybridized carbons (Fsp3) is 0.700. The molecule has 0 saturated carbocycles. The predicted octanol–water partition coefficient (Wildman–Crippen LogP) is 1.97. The SMILES string of the molecule is CNc1n[nH]c2c1CC(C)(C)CC2. The second-order valence-electron chi connectivity index (χ2n) is 4.62. The summed E-state index contributed by atoms with van der Waals surface area (Å²) in [6.45, 7) is 4.64. The standard InChI is InChI=1S/C10H17N3/c1-10(2)5-4-8-7(6-10)9(11-3)13-12-8/h4-6H2,1-3H3,(H2,11,12,13). The summed E-state index contributed by atoms with van der Waals surface area (Å²) in [4.78, 5) is 0. The van der Waals surface area contributed by atoms with E-state index >= 15 is 0 Å². The Bertz CT molecular complexity index is 298. The Morgan fingerprint density at radius 1 is 1.46 bits per heavy atom. The fourth-order valence-corrected chi connectivity index (χ4v) is 2.04. The predicted molar refractivity (Wildman–Crippen MR) is 53.9 cm³/mol. The van der Waals surface area contributed by atoms with Gasteiger partial charge in [0.05, 0.1) is 0 Å². The molecule has 1 aliphatic carbocycles. The molecule has 2 N–H and O–H groups in total. The van der Waals surface area contributed by atoms with Gasteiger partial charge in [0.1, 0.15) is 0 Å². The average Bonchev–Trinajstić information content (AvgIpc) is 2.44. The molecule has 0 radical (unpaired) electrons. The zero-order valence-corrected chi connectivity index (χ0v) is 8.57. The Balaban J connectivity index is 2.36. The van der Waals surface area contributed by atoms with Gasteiger partial charge in [-0.3, -0.25) is 5.10 Å². The van der Waals surface area contributed by atoms with Crippen LogP contribution in [0.3, 0.4) is 0 Å². The molecule has 0 unspecified atom stereocenters. The largest absolute Gasteiger partial charge is 0.371 e. The van der Waals surface area contributed by atoms with E-state index in [9.17, 15) is 0 Å². The first-order valence-electron chi connectivity index (χ1n) is 4.86. The lowest BCUT2D eigenvalue weighted by molar-refractivity contribution is 0.314. The minimum atomic E-state index is 0.433. The maximum atomic E-state index is 4.25. The smallest absolute Gasteiger partial charge is 0.151 e. The van der Waals surface area contributed by atoms with E-state index in [1.165, 1.54) is 17.7 Å². The van der Waals surface area contributed by atoms with Crippen LogP contribution >= 0.6 is 0 Å². The number of hydrogen-bond acceptors (Lipinski definition) is 2. The lowest BCUT2D eigenvalue weighted by atomic mass is 9.76. The van der Waals surface area contributed by atoms with Gasteiger partial charge in [0.15, 0.2) is 5.82 Å². The van der Waals surface area contributed by atoms with Crippen LogP contribution in [-0.4, -0.2) is 17.2 Å². The van der Waals surface area contributed by atoms with Gasteiger partial charge in [-0.25, -0.2) is 0 Å². The molecule has 3 nitrogen and oxygen atoms in total. The molecule has 3 heteroatoms. The van der Waals surface area contributed by atoms with E-state index in [0.717, 1.165) is 18.7 Å². The van der Waals surface area contributed by atoms with E-state index in [4.69, 9.17) is 0 Å². The second kappa shape index (κ2) is 2.76. The Morgan fingerprint density at radius 2 is 2.23 bits per heavy atom. The maximum Gasteiger partial charge on any atom is 0.151 e. The van der Waals surface area contributed by atoms with Crippen LogP contribution in [0.15, 0.2) is 0 Å². The van der Waals surface area contributed by atoms with Gasteiger partial charge in [0.25, 0.3) is 0 Å². The summed E-state index contributed by atoms with van der Waals surface area (Å²) in [6, 6.07) is 0. The fourth-order valence-electron chi connectivity index (χ4n) is 2.04. The third-order valence-corrected chi connectivity index (χ3v) is 2.90. The van der Waals surface area contributed by atoms with Crippen molar-refractivity contribution < 1.29 is 0 Å². The van der Waals surface area contributed by atoms with Crippen LogP contribution in [0, 0.1) is 5.41 Å². The van der Waals surface area contributed by atoms with Gasteiger partial charge in [-0.05, 0) is 24.7 Å². The van der Waals surface area contributed by atoms with E-state index in [1.54, 1.807) is 0 Å². The summed E-state index contributed by atoms with van der Waals surface area (Å²) >= 11 is 0. The average molecular weight is 179 g/mol. The lowest BCUT2D eigenvalue weighted by Gasteiger charge is -2.29. The number of nitrogens with zero attached hydrogens (tertiary/aromatic N) is 1. The minimum absolute atomic E-state index is 0.433. The van der Waals surface area contributed by atoms with Crippen LogP contribution in [-0.2, 0) is 12.8 Å². The molecule has 0 spiro atoms. The van der Waals surface area contributed by atoms with Gasteiger partial charge in [0.2, 0.25) is 0 Å². The van der Waals surface area contributed by atoms with Gasteiger partial charge >= 0.3 is 0 Å². The molecule has 0 aromatic carbocycles. The highest BCUT2D eigenvalue weighted by atomic mass is 15.2. The Hall–Kier alpha value is -0.990. The first-order valence-corrected chi connectivity index (χ1v) is 4.86. The van der Waals surface area contributed by atoms with Gasteiger partial charge in [-0.2, -0.15) is 5.10 Å². The van der Waals surface area contributed by atoms with Crippen LogP contribution in [0.4, 0.5) is 5.82 Å². The molecule has 0 atom stereocenters. The monoisotopic (exact) mass is 179 g/mol. The van der Waals surface area contributed by atoms with Crippen molar-refractivity contribution in [2.45, 2.75) is 33.1 Å². The van der Waals surface area contributed by atoms with E-state index in [0.29, 0.717) is 5.41 Å². The molecule has 1 aromatic rings. The van der Waals surface area contributed by atoms with Crippen molar-refractivity contribution in [3.8, 4) is 0 Å². The summed E-state index contributed by atoms with van der Waals surface area (Å²) in [6.07, 6.45) is 3.53. The van der Waals surface area contributed by atoms with Crippen molar-refractivity contribution in [1.82, 2.24) is 10.2 Å². The van der Waals surface area contributed by atoms with Gasteiger partial charge in [0, 0.05) is 18.3 Å². The maximum absolute atomic E-state index is 4.25. The third-order valence-electron chi connectivity index (χ3n) is 2.90. The minimum Gasteiger partial charge on any atom is -0.371 e. The number of fused-ring (bicyclic) bond motifs is 1. The highest BCUT2D eigenvalue weighted by molar-refractivity contribution is 5.47. The normalized spacial score (nSPS) is 19.6. The summed E-state index contributed by atoms with van der Waals surface area (Å²) in [5.74, 6) is 1.03. The molecule has 0 aliphatic heterocycles. The van der Waals surface area contributed by atoms with Gasteiger partial charge in [-0.1, -0.05) is 13.8 Å². The number of H-pyrrole nitrogens is 1. The molecular formula is C10H17N3.